The lowest BCUT2D eigenvalue weighted by Gasteiger charge is -2.29. The number of rotatable bonds is 5. The zero-order chi connectivity index (χ0) is 18.7. The summed E-state index contributed by atoms with van der Waals surface area (Å²) in [7, 11) is -1.31. The third kappa shape index (κ3) is 4.28. The molecule has 0 spiro atoms. The van der Waals surface area contributed by atoms with Gasteiger partial charge in [-0.1, -0.05) is 0 Å². The van der Waals surface area contributed by atoms with Crippen LogP contribution in [0.5, 0.6) is 0 Å². The van der Waals surface area contributed by atoms with Gasteiger partial charge in [-0.3, -0.25) is 14.5 Å². The summed E-state index contributed by atoms with van der Waals surface area (Å²) >= 11 is 0. The molecular weight excluding hydrogens is 354 g/mol. The highest BCUT2D eigenvalue weighted by atomic mass is 32.2. The van der Waals surface area contributed by atoms with Gasteiger partial charge in [-0.2, -0.15) is 5.10 Å². The van der Waals surface area contributed by atoms with Crippen molar-refractivity contribution in [2.24, 2.45) is 13.0 Å². The zero-order valence-corrected chi connectivity index (χ0v) is 15.7. The highest BCUT2D eigenvalue weighted by molar-refractivity contribution is 7.88. The predicted molar refractivity (Wildman–Crippen MR) is 97.4 cm³/mol. The van der Waals surface area contributed by atoms with E-state index in [0.29, 0.717) is 32.5 Å². The van der Waals surface area contributed by atoms with E-state index in [1.165, 1.54) is 10.6 Å². The highest BCUT2D eigenvalue weighted by Gasteiger charge is 2.28. The maximum atomic E-state index is 12.4. The van der Waals surface area contributed by atoms with Crippen LogP contribution in [-0.4, -0.2) is 52.7 Å². The molecule has 2 aromatic heterocycles. The molecule has 8 nitrogen and oxygen atoms in total. The Morgan fingerprint density at radius 2 is 1.92 bits per heavy atom. The molecule has 1 aliphatic rings. The number of pyridine rings is 1. The Morgan fingerprint density at radius 1 is 1.27 bits per heavy atom. The lowest BCUT2D eigenvalue weighted by atomic mass is 9.97. The van der Waals surface area contributed by atoms with E-state index >= 15 is 0 Å². The minimum Gasteiger partial charge on any atom is -0.350 e. The van der Waals surface area contributed by atoms with Crippen LogP contribution in [0.4, 0.5) is 0 Å². The van der Waals surface area contributed by atoms with Crippen molar-refractivity contribution >= 4 is 15.9 Å². The van der Waals surface area contributed by atoms with Crippen molar-refractivity contribution in [2.45, 2.75) is 19.4 Å². The lowest BCUT2D eigenvalue weighted by molar-refractivity contribution is -0.126. The van der Waals surface area contributed by atoms with Crippen molar-refractivity contribution in [1.29, 1.82) is 0 Å². The van der Waals surface area contributed by atoms with Crippen LogP contribution in [0.25, 0.3) is 11.3 Å². The molecular formula is C17H23N5O3S. The molecule has 1 fully saturated rings. The second-order valence-corrected chi connectivity index (χ2v) is 8.52. The molecule has 2 aromatic rings. The molecule has 26 heavy (non-hydrogen) atoms. The average Bonchev–Trinajstić information content (AvgIpc) is 3.00. The maximum Gasteiger partial charge on any atom is 0.223 e. The first-order chi connectivity index (χ1) is 12.3. The Labute approximate surface area is 153 Å². The average molecular weight is 377 g/mol. The Hall–Kier alpha value is -2.26. The van der Waals surface area contributed by atoms with Crippen molar-refractivity contribution < 1.29 is 13.2 Å². The van der Waals surface area contributed by atoms with Crippen LogP contribution in [0.1, 0.15) is 18.5 Å². The molecule has 1 N–H and O–H groups in total. The van der Waals surface area contributed by atoms with E-state index in [-0.39, 0.29) is 11.8 Å². The predicted octanol–water partition coefficient (Wildman–Crippen LogP) is 0.770. The third-order valence-electron chi connectivity index (χ3n) is 4.64. The molecule has 3 rings (SSSR count). The minimum absolute atomic E-state index is 0.0470. The van der Waals surface area contributed by atoms with Crippen LogP contribution in [-0.2, 0) is 28.4 Å². The number of hydrogen-bond donors (Lipinski definition) is 1. The Bertz CT molecular complexity index is 871. The van der Waals surface area contributed by atoms with Gasteiger partial charge in [0.2, 0.25) is 15.9 Å². The Kier molecular flexibility index (Phi) is 5.38. The summed E-state index contributed by atoms with van der Waals surface area (Å²) < 4.78 is 26.3. The number of nitrogens with zero attached hydrogens (tertiary/aromatic N) is 4. The van der Waals surface area contributed by atoms with Crippen molar-refractivity contribution in [3.05, 3.63) is 36.3 Å². The van der Waals surface area contributed by atoms with Gasteiger partial charge in [-0.25, -0.2) is 12.7 Å². The van der Waals surface area contributed by atoms with E-state index < -0.39 is 10.0 Å². The second-order valence-electron chi connectivity index (χ2n) is 6.53. The smallest absolute Gasteiger partial charge is 0.223 e. The summed E-state index contributed by atoms with van der Waals surface area (Å²) in [5.41, 5.74) is 2.75. The van der Waals surface area contributed by atoms with Crippen LogP contribution < -0.4 is 5.32 Å². The first-order valence-electron chi connectivity index (χ1n) is 8.51. The molecule has 0 radical (unpaired) electrons. The van der Waals surface area contributed by atoms with Gasteiger partial charge < -0.3 is 5.32 Å². The van der Waals surface area contributed by atoms with E-state index in [0.717, 1.165) is 17.0 Å². The number of aromatic nitrogens is 3. The molecule has 0 aromatic carbocycles. The van der Waals surface area contributed by atoms with Crippen LogP contribution in [0.3, 0.4) is 0 Å². The number of carbonyl (C=O) groups is 1. The van der Waals surface area contributed by atoms with E-state index in [1.807, 2.05) is 25.2 Å². The molecule has 0 unspecified atom stereocenters. The molecule has 0 aliphatic carbocycles. The SMILES string of the molecule is Cn1nc(CNC(=O)C2CCN(S(C)(=O)=O)CC2)cc1-c1ccncc1. The van der Waals surface area contributed by atoms with Gasteiger partial charge >= 0.3 is 0 Å². The fourth-order valence-electron chi connectivity index (χ4n) is 3.18. The highest BCUT2D eigenvalue weighted by Crippen LogP contribution is 2.21. The van der Waals surface area contributed by atoms with E-state index in [9.17, 15) is 13.2 Å². The lowest BCUT2D eigenvalue weighted by Crippen LogP contribution is -2.42. The summed E-state index contributed by atoms with van der Waals surface area (Å²) in [4.78, 5) is 16.4. The topological polar surface area (TPSA) is 97.2 Å². The second kappa shape index (κ2) is 7.55. The van der Waals surface area contributed by atoms with Crippen LogP contribution in [0.2, 0.25) is 0 Å². The fraction of sp³-hybridized carbons (Fsp3) is 0.471. The van der Waals surface area contributed by atoms with Crippen LogP contribution in [0, 0.1) is 5.92 Å². The molecule has 0 atom stereocenters. The van der Waals surface area contributed by atoms with Crippen molar-refractivity contribution in [3.63, 3.8) is 0 Å². The first-order valence-corrected chi connectivity index (χ1v) is 10.4. The Balaban J connectivity index is 1.56. The summed E-state index contributed by atoms with van der Waals surface area (Å²) in [6.45, 7) is 1.14. The normalized spacial score (nSPS) is 16.5. The fourth-order valence-corrected chi connectivity index (χ4v) is 4.05. The molecule has 9 heteroatoms. The zero-order valence-electron chi connectivity index (χ0n) is 14.9. The van der Waals surface area contributed by atoms with Gasteiger partial charge in [0.15, 0.2) is 0 Å². The van der Waals surface area contributed by atoms with Gasteiger partial charge in [0.25, 0.3) is 0 Å². The number of carbonyl (C=O) groups excluding carboxylic acids is 1. The number of aryl methyl sites for hydroxylation is 1. The first kappa shape index (κ1) is 18.5. The molecule has 3 heterocycles. The number of nitrogens with one attached hydrogen (secondary N) is 1. The third-order valence-corrected chi connectivity index (χ3v) is 5.95. The van der Waals surface area contributed by atoms with E-state index in [2.05, 4.69) is 15.4 Å². The minimum atomic E-state index is -3.17. The van der Waals surface area contributed by atoms with E-state index in [4.69, 9.17) is 0 Å². The monoisotopic (exact) mass is 377 g/mol. The van der Waals surface area contributed by atoms with Crippen molar-refractivity contribution in [3.8, 4) is 11.3 Å². The number of hydrogen-bond acceptors (Lipinski definition) is 5. The Morgan fingerprint density at radius 3 is 2.54 bits per heavy atom. The quantitative estimate of drug-likeness (QED) is 0.830. The van der Waals surface area contributed by atoms with Gasteiger partial charge in [0.1, 0.15) is 0 Å². The van der Waals surface area contributed by atoms with Gasteiger partial charge in [0, 0.05) is 44.0 Å². The molecule has 1 saturated heterocycles. The summed E-state index contributed by atoms with van der Waals surface area (Å²) in [5, 5.41) is 7.36. The molecule has 1 amide bonds. The summed E-state index contributed by atoms with van der Waals surface area (Å²) in [5.74, 6) is -0.203. The maximum absolute atomic E-state index is 12.4. The van der Waals surface area contributed by atoms with Crippen molar-refractivity contribution in [1.82, 2.24) is 24.4 Å². The standard InChI is InChI=1S/C17H23N5O3S/c1-21-16(13-3-7-18-8-4-13)11-15(20-21)12-19-17(23)14-5-9-22(10-6-14)26(2,24)25/h3-4,7-8,11,14H,5-6,9-10,12H2,1-2H3,(H,19,23). The van der Waals surface area contributed by atoms with Crippen LogP contribution in [0.15, 0.2) is 30.6 Å². The van der Waals surface area contributed by atoms with Crippen molar-refractivity contribution in [2.75, 3.05) is 19.3 Å². The number of sulfonamides is 1. The molecule has 0 saturated carbocycles. The number of piperidine rings is 1. The van der Waals surface area contributed by atoms with Gasteiger partial charge in [0.05, 0.1) is 24.2 Å². The summed E-state index contributed by atoms with van der Waals surface area (Å²) in [6, 6.07) is 5.77. The van der Waals surface area contributed by atoms with Gasteiger partial charge in [-0.05, 0) is 31.0 Å². The van der Waals surface area contributed by atoms with Gasteiger partial charge in [-0.15, -0.1) is 0 Å². The van der Waals surface area contributed by atoms with Crippen LogP contribution >= 0.6 is 0 Å². The largest absolute Gasteiger partial charge is 0.350 e. The van der Waals surface area contributed by atoms with E-state index in [1.54, 1.807) is 17.1 Å². The summed E-state index contributed by atoms with van der Waals surface area (Å²) in [6.07, 6.45) is 5.75. The molecule has 140 valence electrons. The molecule has 1 aliphatic heterocycles. The molecule has 0 bridgehead atoms. The number of amides is 1.